The van der Waals surface area contributed by atoms with Gasteiger partial charge < -0.3 is 20.1 Å². The summed E-state index contributed by atoms with van der Waals surface area (Å²) < 4.78 is 5.04. The average molecular weight is 315 g/mol. The molecular weight excluding hydrogens is 296 g/mol. The summed E-state index contributed by atoms with van der Waals surface area (Å²) in [5, 5.41) is 11.7. The molecule has 0 spiro atoms. The number of anilines is 1. The number of nitrogens with zero attached hydrogens (tertiary/aromatic N) is 1. The third kappa shape index (κ3) is 4.61. The van der Waals surface area contributed by atoms with Crippen LogP contribution in [0.1, 0.15) is 24.2 Å². The van der Waals surface area contributed by atoms with Gasteiger partial charge in [0.15, 0.2) is 0 Å². The van der Waals surface area contributed by atoms with Gasteiger partial charge in [0.2, 0.25) is 0 Å². The Morgan fingerprint density at radius 1 is 1.48 bits per heavy atom. The van der Waals surface area contributed by atoms with Crippen LogP contribution in [0.5, 0.6) is 0 Å². The zero-order chi connectivity index (χ0) is 16.0. The molecule has 1 aromatic carbocycles. The minimum absolute atomic E-state index is 0.00485. The predicted molar refractivity (Wildman–Crippen MR) is 81.1 cm³/mol. The van der Waals surface area contributed by atoms with E-state index >= 15 is 0 Å². The van der Waals surface area contributed by atoms with Crippen molar-refractivity contribution in [1.29, 1.82) is 0 Å². The summed E-state index contributed by atoms with van der Waals surface area (Å²) in [4.78, 5) is 24.7. The van der Waals surface area contributed by atoms with Crippen LogP contribution in [-0.4, -0.2) is 48.3 Å². The predicted octanol–water partition coefficient (Wildman–Crippen LogP) is 2.93. The van der Waals surface area contributed by atoms with Gasteiger partial charge in [-0.3, -0.25) is 0 Å². The molecule has 0 saturated carbocycles. The highest BCUT2D eigenvalue weighted by Gasteiger charge is 2.19. The van der Waals surface area contributed by atoms with Gasteiger partial charge in [0.25, 0.3) is 0 Å². The number of carbonyl (C=O) groups is 2. The van der Waals surface area contributed by atoms with Crippen molar-refractivity contribution >= 4 is 29.3 Å². The summed E-state index contributed by atoms with van der Waals surface area (Å²) in [7, 11) is 1.58. The fourth-order valence-electron chi connectivity index (χ4n) is 1.95. The Morgan fingerprint density at radius 2 is 2.14 bits per heavy atom. The first kappa shape index (κ1) is 17.3. The minimum Gasteiger partial charge on any atom is -0.478 e. The first-order chi connectivity index (χ1) is 9.90. The number of halogens is 1. The summed E-state index contributed by atoms with van der Waals surface area (Å²) in [6.07, 6.45) is 0. The fourth-order valence-corrected chi connectivity index (χ4v) is 2.21. The molecule has 0 aliphatic carbocycles. The lowest BCUT2D eigenvalue weighted by molar-refractivity contribution is 0.0697. The van der Waals surface area contributed by atoms with Crippen molar-refractivity contribution < 1.29 is 19.4 Å². The molecule has 0 aliphatic rings. The number of aromatic carboxylic acids is 1. The molecule has 0 radical (unpaired) electrons. The molecule has 1 aromatic rings. The molecule has 1 atom stereocenters. The number of nitrogens with one attached hydrogen (secondary N) is 1. The maximum absolute atomic E-state index is 12.2. The molecule has 0 heterocycles. The van der Waals surface area contributed by atoms with Gasteiger partial charge in [0.1, 0.15) is 0 Å². The lowest BCUT2D eigenvalue weighted by Crippen LogP contribution is -2.43. The Morgan fingerprint density at radius 3 is 2.62 bits per heavy atom. The molecule has 1 unspecified atom stereocenters. The molecule has 21 heavy (non-hydrogen) atoms. The van der Waals surface area contributed by atoms with Crippen LogP contribution in [0.4, 0.5) is 10.5 Å². The third-order valence-electron chi connectivity index (χ3n) is 2.99. The molecule has 1 rings (SSSR count). The van der Waals surface area contributed by atoms with Gasteiger partial charge in [-0.15, -0.1) is 0 Å². The summed E-state index contributed by atoms with van der Waals surface area (Å²) in [6.45, 7) is 4.70. The molecule has 116 valence electrons. The van der Waals surface area contributed by atoms with E-state index < -0.39 is 5.97 Å². The lowest BCUT2D eigenvalue weighted by Gasteiger charge is -2.27. The van der Waals surface area contributed by atoms with E-state index in [-0.39, 0.29) is 22.7 Å². The highest BCUT2D eigenvalue weighted by Crippen LogP contribution is 2.21. The second-order valence-electron chi connectivity index (χ2n) is 4.52. The summed E-state index contributed by atoms with van der Waals surface area (Å²) in [5.74, 6) is -1.11. The molecule has 0 saturated heterocycles. The largest absolute Gasteiger partial charge is 0.478 e. The number of urea groups is 1. The van der Waals surface area contributed by atoms with E-state index in [9.17, 15) is 9.59 Å². The van der Waals surface area contributed by atoms with Crippen molar-refractivity contribution in [2.24, 2.45) is 0 Å². The number of hydrogen-bond donors (Lipinski definition) is 2. The zero-order valence-corrected chi connectivity index (χ0v) is 13.0. The van der Waals surface area contributed by atoms with E-state index in [2.05, 4.69) is 5.32 Å². The average Bonchev–Trinajstić information content (AvgIpc) is 2.39. The Hall–Kier alpha value is -1.79. The maximum Gasteiger partial charge on any atom is 0.337 e. The summed E-state index contributed by atoms with van der Waals surface area (Å²) in [5.41, 5.74) is 0.438. The number of amides is 2. The molecule has 2 N–H and O–H groups in total. The van der Waals surface area contributed by atoms with Crippen molar-refractivity contribution in [3.05, 3.63) is 28.8 Å². The van der Waals surface area contributed by atoms with Gasteiger partial charge in [0, 0.05) is 19.3 Å². The third-order valence-corrected chi connectivity index (χ3v) is 3.30. The Labute approximate surface area is 128 Å². The van der Waals surface area contributed by atoms with Gasteiger partial charge >= 0.3 is 12.0 Å². The van der Waals surface area contributed by atoms with Gasteiger partial charge in [-0.25, -0.2) is 9.59 Å². The number of carbonyl (C=O) groups excluding carboxylic acids is 1. The van der Waals surface area contributed by atoms with Crippen LogP contribution in [0.2, 0.25) is 5.02 Å². The van der Waals surface area contributed by atoms with Gasteiger partial charge in [-0.05, 0) is 32.0 Å². The maximum atomic E-state index is 12.2. The number of hydrogen-bond acceptors (Lipinski definition) is 3. The second kappa shape index (κ2) is 7.85. The van der Waals surface area contributed by atoms with E-state index in [1.165, 1.54) is 18.2 Å². The molecule has 0 aliphatic heterocycles. The number of ether oxygens (including phenoxy) is 1. The number of benzene rings is 1. The van der Waals surface area contributed by atoms with E-state index in [1.807, 2.05) is 13.8 Å². The van der Waals surface area contributed by atoms with E-state index in [0.29, 0.717) is 18.8 Å². The van der Waals surface area contributed by atoms with Crippen LogP contribution in [0.15, 0.2) is 18.2 Å². The fraction of sp³-hybridized carbons (Fsp3) is 0.429. The standard InChI is InChI=1S/C14H19ClN2O4/c1-4-17(9(2)8-21-3)14(20)16-10-5-6-11(13(18)19)12(15)7-10/h5-7,9H,4,8H2,1-3H3,(H,16,20)(H,18,19). The SMILES string of the molecule is CCN(C(=O)Nc1ccc(C(=O)O)c(Cl)c1)C(C)COC. The van der Waals surface area contributed by atoms with Crippen molar-refractivity contribution in [3.8, 4) is 0 Å². The van der Waals surface area contributed by atoms with Gasteiger partial charge in [-0.1, -0.05) is 11.6 Å². The van der Waals surface area contributed by atoms with Gasteiger partial charge in [0.05, 0.1) is 23.2 Å². The van der Waals surface area contributed by atoms with E-state index in [0.717, 1.165) is 0 Å². The van der Waals surface area contributed by atoms with Gasteiger partial charge in [-0.2, -0.15) is 0 Å². The number of carboxylic acids is 1. The molecule has 2 amide bonds. The molecule has 7 heteroatoms. The van der Waals surface area contributed by atoms with E-state index in [4.69, 9.17) is 21.4 Å². The van der Waals surface area contributed by atoms with Crippen LogP contribution in [0, 0.1) is 0 Å². The number of methoxy groups -OCH3 is 1. The first-order valence-corrected chi connectivity index (χ1v) is 6.87. The van der Waals surface area contributed by atoms with Crippen LogP contribution >= 0.6 is 11.6 Å². The van der Waals surface area contributed by atoms with Crippen molar-refractivity contribution in [1.82, 2.24) is 4.90 Å². The molecule has 6 nitrogen and oxygen atoms in total. The normalized spacial score (nSPS) is 11.8. The summed E-state index contributed by atoms with van der Waals surface area (Å²) >= 11 is 5.87. The summed E-state index contributed by atoms with van der Waals surface area (Å²) in [6, 6.07) is 3.91. The minimum atomic E-state index is -1.11. The zero-order valence-electron chi connectivity index (χ0n) is 12.2. The monoisotopic (exact) mass is 314 g/mol. The van der Waals surface area contributed by atoms with Crippen LogP contribution in [0.3, 0.4) is 0 Å². The molecule has 0 bridgehead atoms. The highest BCUT2D eigenvalue weighted by molar-refractivity contribution is 6.33. The van der Waals surface area contributed by atoms with Crippen LogP contribution in [0.25, 0.3) is 0 Å². The number of rotatable bonds is 6. The first-order valence-electron chi connectivity index (χ1n) is 6.50. The highest BCUT2D eigenvalue weighted by atomic mass is 35.5. The number of likely N-dealkylation sites (N-methyl/N-ethyl adjacent to an activating group) is 1. The molecular formula is C14H19ClN2O4. The van der Waals surface area contributed by atoms with Crippen molar-refractivity contribution in [3.63, 3.8) is 0 Å². The molecule has 0 aromatic heterocycles. The smallest absolute Gasteiger partial charge is 0.337 e. The number of carboxylic acid groups (broad SMARTS) is 1. The van der Waals surface area contributed by atoms with Crippen molar-refractivity contribution in [2.75, 3.05) is 25.6 Å². The molecule has 0 fully saturated rings. The Bertz CT molecular complexity index is 522. The quantitative estimate of drug-likeness (QED) is 0.846. The topological polar surface area (TPSA) is 78.9 Å². The lowest BCUT2D eigenvalue weighted by atomic mass is 10.2. The Kier molecular flexibility index (Phi) is 6.45. The Balaban J connectivity index is 2.82. The van der Waals surface area contributed by atoms with Crippen LogP contribution in [-0.2, 0) is 4.74 Å². The van der Waals surface area contributed by atoms with Crippen LogP contribution < -0.4 is 5.32 Å². The van der Waals surface area contributed by atoms with E-state index in [1.54, 1.807) is 12.0 Å². The van der Waals surface area contributed by atoms with Crippen molar-refractivity contribution in [2.45, 2.75) is 19.9 Å². The second-order valence-corrected chi connectivity index (χ2v) is 4.93.